The Morgan fingerprint density at radius 3 is 2.78 bits per heavy atom. The van der Waals surface area contributed by atoms with Crippen molar-refractivity contribution in [1.29, 1.82) is 0 Å². The number of nitrogens with zero attached hydrogens (tertiary/aromatic N) is 1. The summed E-state index contributed by atoms with van der Waals surface area (Å²) in [5, 5.41) is 3.04. The number of nitrogens with one attached hydrogen (secondary N) is 1. The molecule has 0 radical (unpaired) electrons. The average molecular weight is 318 g/mol. The van der Waals surface area contributed by atoms with E-state index >= 15 is 0 Å². The van der Waals surface area contributed by atoms with Crippen LogP contribution in [0.4, 0.5) is 0 Å². The van der Waals surface area contributed by atoms with Gasteiger partial charge in [0.2, 0.25) is 5.91 Å². The molecule has 126 valence electrons. The summed E-state index contributed by atoms with van der Waals surface area (Å²) < 4.78 is 4.55. The average Bonchev–Trinajstić information content (AvgIpc) is 2.59. The molecule has 1 fully saturated rings. The van der Waals surface area contributed by atoms with Crippen LogP contribution in [0.15, 0.2) is 30.3 Å². The van der Waals surface area contributed by atoms with Gasteiger partial charge in [0.05, 0.1) is 13.5 Å². The minimum atomic E-state index is -0.340. The molecule has 0 bridgehead atoms. The summed E-state index contributed by atoms with van der Waals surface area (Å²) in [7, 11) is 1.34. The predicted molar refractivity (Wildman–Crippen MR) is 89.0 cm³/mol. The summed E-state index contributed by atoms with van der Waals surface area (Å²) in [6, 6.07) is 10.6. The number of amides is 1. The fraction of sp³-hybridized carbons (Fsp3) is 0.556. The van der Waals surface area contributed by atoms with Crippen LogP contribution in [-0.4, -0.2) is 49.6 Å². The third-order valence-electron chi connectivity index (χ3n) is 4.21. The summed E-state index contributed by atoms with van der Waals surface area (Å²) >= 11 is 0. The molecular weight excluding hydrogens is 292 g/mol. The zero-order chi connectivity index (χ0) is 16.5. The second-order valence-corrected chi connectivity index (χ2v) is 6.02. The van der Waals surface area contributed by atoms with Crippen LogP contribution in [-0.2, 0) is 20.7 Å². The summed E-state index contributed by atoms with van der Waals surface area (Å²) in [6.45, 7) is 2.98. The minimum absolute atomic E-state index is 0.0645. The number of ether oxygens (including phenoxy) is 1. The lowest BCUT2D eigenvalue weighted by atomic mass is 10.0. The van der Waals surface area contributed by atoms with Crippen LogP contribution >= 0.6 is 0 Å². The predicted octanol–water partition coefficient (Wildman–Crippen LogP) is 1.76. The normalized spacial score (nSPS) is 18.4. The first-order valence-electron chi connectivity index (χ1n) is 8.30. The Morgan fingerprint density at radius 2 is 2.04 bits per heavy atom. The number of likely N-dealkylation sites (tertiary alicyclic amines) is 1. The third kappa shape index (κ3) is 6.40. The second kappa shape index (κ2) is 9.30. The molecule has 1 aromatic carbocycles. The molecule has 1 aromatic rings. The van der Waals surface area contributed by atoms with E-state index in [1.54, 1.807) is 0 Å². The first-order valence-corrected chi connectivity index (χ1v) is 8.30. The van der Waals surface area contributed by atoms with Gasteiger partial charge in [0.15, 0.2) is 0 Å². The molecule has 1 unspecified atom stereocenters. The third-order valence-corrected chi connectivity index (χ3v) is 4.21. The quantitative estimate of drug-likeness (QED) is 0.778. The second-order valence-electron chi connectivity index (χ2n) is 6.02. The lowest BCUT2D eigenvalue weighted by Gasteiger charge is -2.33. The summed E-state index contributed by atoms with van der Waals surface area (Å²) in [6.07, 6.45) is 3.48. The Bertz CT molecular complexity index is 504. The van der Waals surface area contributed by atoms with Gasteiger partial charge in [0.25, 0.3) is 0 Å². The molecule has 1 amide bonds. The van der Waals surface area contributed by atoms with Gasteiger partial charge >= 0.3 is 5.97 Å². The van der Waals surface area contributed by atoms with Crippen molar-refractivity contribution in [2.75, 3.05) is 26.7 Å². The van der Waals surface area contributed by atoms with E-state index in [-0.39, 0.29) is 30.8 Å². The summed E-state index contributed by atoms with van der Waals surface area (Å²) in [4.78, 5) is 25.4. The molecule has 2 rings (SSSR count). The van der Waals surface area contributed by atoms with Crippen LogP contribution in [0.1, 0.15) is 31.2 Å². The maximum absolute atomic E-state index is 11.9. The maximum atomic E-state index is 11.9. The Labute approximate surface area is 138 Å². The smallest absolute Gasteiger partial charge is 0.306 e. The van der Waals surface area contributed by atoms with Crippen molar-refractivity contribution in [2.45, 2.75) is 38.1 Å². The highest BCUT2D eigenvalue weighted by Crippen LogP contribution is 2.12. The molecule has 5 heteroatoms. The molecule has 0 spiro atoms. The Kier molecular flexibility index (Phi) is 7.07. The van der Waals surface area contributed by atoms with Gasteiger partial charge in [-0.1, -0.05) is 30.3 Å². The van der Waals surface area contributed by atoms with Crippen LogP contribution in [0.3, 0.4) is 0 Å². The van der Waals surface area contributed by atoms with Gasteiger partial charge in [-0.15, -0.1) is 0 Å². The van der Waals surface area contributed by atoms with Crippen molar-refractivity contribution in [2.24, 2.45) is 0 Å². The van der Waals surface area contributed by atoms with Crippen LogP contribution in [0, 0.1) is 0 Å². The monoisotopic (exact) mass is 318 g/mol. The highest BCUT2D eigenvalue weighted by atomic mass is 16.5. The van der Waals surface area contributed by atoms with E-state index in [4.69, 9.17) is 0 Å². The van der Waals surface area contributed by atoms with Crippen molar-refractivity contribution in [3.05, 3.63) is 35.9 Å². The van der Waals surface area contributed by atoms with Gasteiger partial charge in [-0.3, -0.25) is 9.59 Å². The molecule has 1 aliphatic rings. The molecule has 1 saturated heterocycles. The number of hydrogen-bond acceptors (Lipinski definition) is 4. The van der Waals surface area contributed by atoms with Gasteiger partial charge in [-0.25, -0.2) is 0 Å². The fourth-order valence-corrected chi connectivity index (χ4v) is 2.93. The minimum Gasteiger partial charge on any atom is -0.469 e. The highest BCUT2D eigenvalue weighted by Gasteiger charge is 2.21. The SMILES string of the molecule is COC(=O)CCC(=O)NC1CCCN(CCc2ccccc2)C1. The van der Waals surface area contributed by atoms with Crippen LogP contribution in [0.25, 0.3) is 0 Å². The van der Waals surface area contributed by atoms with Crippen molar-refractivity contribution < 1.29 is 14.3 Å². The summed E-state index contributed by atoms with van der Waals surface area (Å²) in [5.41, 5.74) is 1.34. The number of piperidine rings is 1. The highest BCUT2D eigenvalue weighted by molar-refractivity contribution is 5.81. The van der Waals surface area contributed by atoms with Gasteiger partial charge < -0.3 is 15.0 Å². The fourth-order valence-electron chi connectivity index (χ4n) is 2.93. The van der Waals surface area contributed by atoms with E-state index in [2.05, 4.69) is 39.2 Å². The van der Waals surface area contributed by atoms with Gasteiger partial charge in [0.1, 0.15) is 0 Å². The van der Waals surface area contributed by atoms with E-state index in [1.165, 1.54) is 12.7 Å². The number of benzene rings is 1. The largest absolute Gasteiger partial charge is 0.469 e. The molecule has 1 aliphatic heterocycles. The van der Waals surface area contributed by atoms with Crippen molar-refractivity contribution in [3.63, 3.8) is 0 Å². The number of carbonyl (C=O) groups is 2. The van der Waals surface area contributed by atoms with Crippen molar-refractivity contribution in [1.82, 2.24) is 10.2 Å². The lowest BCUT2D eigenvalue weighted by Crippen LogP contribution is -2.48. The molecule has 1 atom stereocenters. The first kappa shape index (κ1) is 17.5. The number of esters is 1. The maximum Gasteiger partial charge on any atom is 0.306 e. The zero-order valence-corrected chi connectivity index (χ0v) is 13.8. The molecule has 0 aliphatic carbocycles. The zero-order valence-electron chi connectivity index (χ0n) is 13.8. The molecule has 1 N–H and O–H groups in total. The van der Waals surface area contributed by atoms with Crippen molar-refractivity contribution >= 4 is 11.9 Å². The van der Waals surface area contributed by atoms with E-state index < -0.39 is 0 Å². The van der Waals surface area contributed by atoms with Gasteiger partial charge in [-0.2, -0.15) is 0 Å². The van der Waals surface area contributed by atoms with E-state index in [1.807, 2.05) is 6.07 Å². The van der Waals surface area contributed by atoms with E-state index in [0.717, 1.165) is 38.9 Å². The molecule has 5 nitrogen and oxygen atoms in total. The lowest BCUT2D eigenvalue weighted by molar-refractivity contribution is -0.142. The number of methoxy groups -OCH3 is 1. The standard InChI is InChI=1S/C18H26N2O3/c1-23-18(22)10-9-17(21)19-16-8-5-12-20(14-16)13-11-15-6-3-2-4-7-15/h2-4,6-7,16H,5,8-14H2,1H3,(H,19,21). The first-order chi connectivity index (χ1) is 11.2. The van der Waals surface area contributed by atoms with Gasteiger partial charge in [0, 0.05) is 25.6 Å². The Balaban J connectivity index is 1.70. The van der Waals surface area contributed by atoms with E-state index in [0.29, 0.717) is 0 Å². The van der Waals surface area contributed by atoms with Gasteiger partial charge in [-0.05, 0) is 31.4 Å². The number of carbonyl (C=O) groups excluding carboxylic acids is 2. The Morgan fingerprint density at radius 1 is 1.26 bits per heavy atom. The van der Waals surface area contributed by atoms with E-state index in [9.17, 15) is 9.59 Å². The van der Waals surface area contributed by atoms with Crippen LogP contribution in [0.5, 0.6) is 0 Å². The number of hydrogen-bond donors (Lipinski definition) is 1. The molecule has 23 heavy (non-hydrogen) atoms. The van der Waals surface area contributed by atoms with Crippen LogP contribution in [0.2, 0.25) is 0 Å². The van der Waals surface area contributed by atoms with Crippen LogP contribution < -0.4 is 5.32 Å². The molecular formula is C18H26N2O3. The Hall–Kier alpha value is -1.88. The topological polar surface area (TPSA) is 58.6 Å². The number of rotatable bonds is 7. The molecule has 0 aromatic heterocycles. The molecule has 1 heterocycles. The van der Waals surface area contributed by atoms with Crippen molar-refractivity contribution in [3.8, 4) is 0 Å². The summed E-state index contributed by atoms with van der Waals surface area (Å²) in [5.74, 6) is -0.404. The molecule has 0 saturated carbocycles.